The highest BCUT2D eigenvalue weighted by Gasteiger charge is 2.14. The minimum Gasteiger partial charge on any atom is -0.493 e. The molecule has 20 heavy (non-hydrogen) atoms. The Morgan fingerprint density at radius 1 is 1.40 bits per heavy atom. The molecule has 110 valence electrons. The number of hydrogen-bond donors (Lipinski definition) is 1. The van der Waals surface area contributed by atoms with Gasteiger partial charge in [-0.05, 0) is 56.8 Å². The van der Waals surface area contributed by atoms with Gasteiger partial charge in [0.25, 0.3) is 0 Å². The van der Waals surface area contributed by atoms with E-state index in [9.17, 15) is 4.79 Å². The van der Waals surface area contributed by atoms with E-state index in [1.165, 1.54) is 26.4 Å². The minimum atomic E-state index is -0.350. The second-order valence-corrected chi connectivity index (χ2v) is 5.19. The van der Waals surface area contributed by atoms with Crippen LogP contribution in [0.15, 0.2) is 24.3 Å². The SMILES string of the molecule is COC(=O)c1ccccc1OCCCC1CCCNC1. The van der Waals surface area contributed by atoms with Crippen LogP contribution < -0.4 is 10.1 Å². The van der Waals surface area contributed by atoms with Crippen LogP contribution in [0.4, 0.5) is 0 Å². The zero-order chi connectivity index (χ0) is 14.2. The van der Waals surface area contributed by atoms with Crippen molar-refractivity contribution < 1.29 is 14.3 Å². The van der Waals surface area contributed by atoms with Crippen molar-refractivity contribution in [2.75, 3.05) is 26.8 Å². The summed E-state index contributed by atoms with van der Waals surface area (Å²) in [4.78, 5) is 11.6. The van der Waals surface area contributed by atoms with E-state index >= 15 is 0 Å². The summed E-state index contributed by atoms with van der Waals surface area (Å²) >= 11 is 0. The van der Waals surface area contributed by atoms with Crippen LogP contribution in [-0.4, -0.2) is 32.8 Å². The average molecular weight is 277 g/mol. The zero-order valence-electron chi connectivity index (χ0n) is 12.1. The summed E-state index contributed by atoms with van der Waals surface area (Å²) in [5, 5.41) is 3.42. The number of rotatable bonds is 6. The van der Waals surface area contributed by atoms with Crippen molar-refractivity contribution in [2.45, 2.75) is 25.7 Å². The van der Waals surface area contributed by atoms with Crippen molar-refractivity contribution in [3.63, 3.8) is 0 Å². The molecule has 0 radical (unpaired) electrons. The molecule has 1 fully saturated rings. The molecule has 1 aromatic carbocycles. The number of carbonyl (C=O) groups excluding carboxylic acids is 1. The molecule has 0 amide bonds. The van der Waals surface area contributed by atoms with E-state index in [0.29, 0.717) is 17.9 Å². The first kappa shape index (κ1) is 14.9. The number of para-hydroxylation sites is 1. The van der Waals surface area contributed by atoms with Crippen LogP contribution in [0.25, 0.3) is 0 Å². The molecule has 0 bridgehead atoms. The van der Waals surface area contributed by atoms with Crippen molar-refractivity contribution in [3.8, 4) is 5.75 Å². The first-order chi connectivity index (χ1) is 9.81. The van der Waals surface area contributed by atoms with Crippen LogP contribution in [0, 0.1) is 5.92 Å². The van der Waals surface area contributed by atoms with E-state index in [0.717, 1.165) is 25.4 Å². The van der Waals surface area contributed by atoms with Gasteiger partial charge < -0.3 is 14.8 Å². The lowest BCUT2D eigenvalue weighted by Crippen LogP contribution is -2.29. The number of hydrogen-bond acceptors (Lipinski definition) is 4. The molecule has 1 unspecified atom stereocenters. The molecular formula is C16H23NO3. The number of benzene rings is 1. The fraction of sp³-hybridized carbons (Fsp3) is 0.562. The second kappa shape index (κ2) is 7.90. The Morgan fingerprint density at radius 2 is 2.25 bits per heavy atom. The standard InChI is InChI=1S/C16H23NO3/c1-19-16(18)14-8-2-3-9-15(14)20-11-5-7-13-6-4-10-17-12-13/h2-3,8-9,13,17H,4-7,10-12H2,1H3. The third-order valence-electron chi connectivity index (χ3n) is 3.71. The number of ether oxygens (including phenoxy) is 2. The van der Waals surface area contributed by atoms with Crippen LogP contribution in [0.3, 0.4) is 0 Å². The van der Waals surface area contributed by atoms with Gasteiger partial charge in [0.05, 0.1) is 13.7 Å². The number of esters is 1. The fourth-order valence-electron chi connectivity index (χ4n) is 2.60. The Morgan fingerprint density at radius 3 is 3.00 bits per heavy atom. The number of carbonyl (C=O) groups is 1. The molecular weight excluding hydrogens is 254 g/mol. The highest BCUT2D eigenvalue weighted by atomic mass is 16.5. The van der Waals surface area contributed by atoms with Gasteiger partial charge in [0.15, 0.2) is 0 Å². The van der Waals surface area contributed by atoms with Crippen molar-refractivity contribution in [1.82, 2.24) is 5.32 Å². The lowest BCUT2D eigenvalue weighted by atomic mass is 9.95. The van der Waals surface area contributed by atoms with Crippen molar-refractivity contribution in [2.24, 2.45) is 5.92 Å². The Labute approximate surface area is 120 Å². The molecule has 1 aromatic rings. The molecule has 1 aliphatic heterocycles. The topological polar surface area (TPSA) is 47.6 Å². The lowest BCUT2D eigenvalue weighted by molar-refractivity contribution is 0.0596. The molecule has 4 heteroatoms. The molecule has 0 aliphatic carbocycles. The first-order valence-electron chi connectivity index (χ1n) is 7.32. The molecule has 4 nitrogen and oxygen atoms in total. The van der Waals surface area contributed by atoms with Crippen LogP contribution in [0.5, 0.6) is 5.75 Å². The molecule has 0 aromatic heterocycles. The predicted molar refractivity (Wildman–Crippen MR) is 78.1 cm³/mol. The summed E-state index contributed by atoms with van der Waals surface area (Å²) in [7, 11) is 1.38. The molecule has 1 N–H and O–H groups in total. The third-order valence-corrected chi connectivity index (χ3v) is 3.71. The van der Waals surface area contributed by atoms with E-state index in [1.54, 1.807) is 6.07 Å². The molecule has 1 atom stereocenters. The summed E-state index contributed by atoms with van der Waals surface area (Å²) < 4.78 is 10.5. The Kier molecular flexibility index (Phi) is 5.87. The molecule has 1 saturated heterocycles. The van der Waals surface area contributed by atoms with Gasteiger partial charge >= 0.3 is 5.97 Å². The third kappa shape index (κ3) is 4.23. The fourth-order valence-corrected chi connectivity index (χ4v) is 2.60. The highest BCUT2D eigenvalue weighted by Crippen LogP contribution is 2.20. The minimum absolute atomic E-state index is 0.350. The summed E-state index contributed by atoms with van der Waals surface area (Å²) in [6.45, 7) is 2.92. The highest BCUT2D eigenvalue weighted by molar-refractivity contribution is 5.92. The average Bonchev–Trinajstić information content (AvgIpc) is 2.52. The van der Waals surface area contributed by atoms with Crippen molar-refractivity contribution in [1.29, 1.82) is 0 Å². The van der Waals surface area contributed by atoms with Gasteiger partial charge in [-0.3, -0.25) is 0 Å². The number of methoxy groups -OCH3 is 1. The molecule has 0 saturated carbocycles. The normalized spacial score (nSPS) is 18.6. The Balaban J connectivity index is 1.77. The lowest BCUT2D eigenvalue weighted by Gasteiger charge is -2.22. The van der Waals surface area contributed by atoms with Crippen LogP contribution in [0.1, 0.15) is 36.0 Å². The van der Waals surface area contributed by atoms with Gasteiger partial charge in [0, 0.05) is 0 Å². The first-order valence-corrected chi connectivity index (χ1v) is 7.32. The van der Waals surface area contributed by atoms with E-state index in [2.05, 4.69) is 5.32 Å². The maximum Gasteiger partial charge on any atom is 0.341 e. The van der Waals surface area contributed by atoms with Crippen molar-refractivity contribution in [3.05, 3.63) is 29.8 Å². The van der Waals surface area contributed by atoms with Gasteiger partial charge in [0.2, 0.25) is 0 Å². The van der Waals surface area contributed by atoms with Gasteiger partial charge in [-0.25, -0.2) is 4.79 Å². The van der Waals surface area contributed by atoms with Gasteiger partial charge in [-0.15, -0.1) is 0 Å². The number of nitrogens with one attached hydrogen (secondary N) is 1. The van der Waals surface area contributed by atoms with E-state index in [-0.39, 0.29) is 5.97 Å². The van der Waals surface area contributed by atoms with Crippen LogP contribution in [0.2, 0.25) is 0 Å². The molecule has 2 rings (SSSR count). The summed E-state index contributed by atoms with van der Waals surface area (Å²) in [5.74, 6) is 1.03. The summed E-state index contributed by atoms with van der Waals surface area (Å²) in [6.07, 6.45) is 4.78. The van der Waals surface area contributed by atoms with Gasteiger partial charge in [-0.1, -0.05) is 12.1 Å². The Hall–Kier alpha value is -1.55. The van der Waals surface area contributed by atoms with E-state index in [1.807, 2.05) is 18.2 Å². The number of piperidine rings is 1. The monoisotopic (exact) mass is 277 g/mol. The smallest absolute Gasteiger partial charge is 0.341 e. The second-order valence-electron chi connectivity index (χ2n) is 5.19. The Bertz CT molecular complexity index is 427. The molecule has 0 spiro atoms. The zero-order valence-corrected chi connectivity index (χ0v) is 12.1. The molecule has 1 heterocycles. The predicted octanol–water partition coefficient (Wildman–Crippen LogP) is 2.63. The summed E-state index contributed by atoms with van der Waals surface area (Å²) in [6, 6.07) is 7.22. The largest absolute Gasteiger partial charge is 0.493 e. The van der Waals surface area contributed by atoms with Gasteiger partial charge in [0.1, 0.15) is 11.3 Å². The summed E-state index contributed by atoms with van der Waals surface area (Å²) in [5.41, 5.74) is 0.495. The van der Waals surface area contributed by atoms with Crippen molar-refractivity contribution >= 4 is 5.97 Å². The van der Waals surface area contributed by atoms with E-state index in [4.69, 9.17) is 9.47 Å². The maximum atomic E-state index is 11.6. The molecule has 1 aliphatic rings. The quantitative estimate of drug-likeness (QED) is 0.641. The maximum absolute atomic E-state index is 11.6. The van der Waals surface area contributed by atoms with E-state index < -0.39 is 0 Å². The van der Waals surface area contributed by atoms with Gasteiger partial charge in [-0.2, -0.15) is 0 Å². The van der Waals surface area contributed by atoms with Crippen LogP contribution >= 0.6 is 0 Å². The van der Waals surface area contributed by atoms with Crippen LogP contribution in [-0.2, 0) is 4.74 Å².